The second-order valence-corrected chi connectivity index (χ2v) is 6.66. The van der Waals surface area contributed by atoms with Gasteiger partial charge in [0.05, 0.1) is 13.0 Å². The van der Waals surface area contributed by atoms with E-state index >= 15 is 0 Å². The first-order valence-corrected chi connectivity index (χ1v) is 8.78. The minimum atomic E-state index is -0.801. The van der Waals surface area contributed by atoms with Crippen molar-refractivity contribution in [3.05, 3.63) is 48.0 Å². The van der Waals surface area contributed by atoms with Crippen LogP contribution >= 0.6 is 0 Å². The highest BCUT2D eigenvalue weighted by molar-refractivity contribution is 5.90. The van der Waals surface area contributed by atoms with Crippen molar-refractivity contribution < 1.29 is 14.7 Å². The van der Waals surface area contributed by atoms with Crippen molar-refractivity contribution in [2.75, 3.05) is 13.1 Å². The number of fused-ring (bicyclic) bond motifs is 1. The van der Waals surface area contributed by atoms with Crippen LogP contribution in [0.1, 0.15) is 25.3 Å². The summed E-state index contributed by atoms with van der Waals surface area (Å²) in [5, 5.41) is 14.3. The molecule has 1 aliphatic carbocycles. The maximum Gasteiger partial charge on any atom is 0.317 e. The molecule has 5 heteroatoms. The standard InChI is InChI=1S/C20H24N2O3/c1-2-22(13-20(24)25)17-11-16(12-17)21-19(23)10-15-8-5-7-14-6-3-4-9-18(14)15/h3-9,16-17H,2,10-13H2,1H3,(H,21,23)(H,24,25). The van der Waals surface area contributed by atoms with Crippen molar-refractivity contribution in [2.45, 2.75) is 38.3 Å². The lowest BCUT2D eigenvalue weighted by Crippen LogP contribution is -2.55. The number of hydrogen-bond donors (Lipinski definition) is 2. The number of aliphatic carboxylic acids is 1. The summed E-state index contributed by atoms with van der Waals surface area (Å²) in [7, 11) is 0. The van der Waals surface area contributed by atoms with E-state index in [2.05, 4.69) is 17.4 Å². The van der Waals surface area contributed by atoms with E-state index < -0.39 is 5.97 Å². The van der Waals surface area contributed by atoms with Gasteiger partial charge in [0.15, 0.2) is 0 Å². The molecule has 2 aromatic rings. The predicted molar refractivity (Wildman–Crippen MR) is 97.5 cm³/mol. The Morgan fingerprint density at radius 2 is 1.88 bits per heavy atom. The molecule has 0 unspecified atom stereocenters. The zero-order valence-electron chi connectivity index (χ0n) is 14.4. The summed E-state index contributed by atoms with van der Waals surface area (Å²) in [6.45, 7) is 2.75. The van der Waals surface area contributed by atoms with Crippen LogP contribution in [0.15, 0.2) is 42.5 Å². The van der Waals surface area contributed by atoms with Crippen LogP contribution in [0.5, 0.6) is 0 Å². The lowest BCUT2D eigenvalue weighted by atomic mass is 9.85. The third kappa shape index (κ3) is 4.17. The van der Waals surface area contributed by atoms with E-state index in [-0.39, 0.29) is 24.5 Å². The monoisotopic (exact) mass is 340 g/mol. The normalized spacial score (nSPS) is 19.6. The maximum absolute atomic E-state index is 12.4. The van der Waals surface area contributed by atoms with Gasteiger partial charge in [-0.05, 0) is 35.7 Å². The summed E-state index contributed by atoms with van der Waals surface area (Å²) >= 11 is 0. The fourth-order valence-corrected chi connectivity index (χ4v) is 3.57. The van der Waals surface area contributed by atoms with Crippen LogP contribution in [0.3, 0.4) is 0 Å². The number of nitrogens with one attached hydrogen (secondary N) is 1. The molecule has 0 saturated heterocycles. The second-order valence-electron chi connectivity index (χ2n) is 6.66. The van der Waals surface area contributed by atoms with E-state index in [4.69, 9.17) is 5.11 Å². The topological polar surface area (TPSA) is 69.6 Å². The molecule has 3 rings (SSSR count). The van der Waals surface area contributed by atoms with Crippen molar-refractivity contribution in [3.63, 3.8) is 0 Å². The van der Waals surface area contributed by atoms with E-state index in [0.29, 0.717) is 13.0 Å². The Bertz CT molecular complexity index is 763. The van der Waals surface area contributed by atoms with Gasteiger partial charge in [-0.1, -0.05) is 49.4 Å². The molecule has 132 valence electrons. The molecule has 0 aromatic heterocycles. The number of rotatable bonds is 7. The Morgan fingerprint density at radius 3 is 2.60 bits per heavy atom. The highest BCUT2D eigenvalue weighted by atomic mass is 16.4. The molecule has 0 atom stereocenters. The van der Waals surface area contributed by atoms with Crippen molar-refractivity contribution >= 4 is 22.6 Å². The summed E-state index contributed by atoms with van der Waals surface area (Å²) in [6, 6.07) is 14.5. The largest absolute Gasteiger partial charge is 0.480 e. The predicted octanol–water partition coefficient (Wildman–Crippen LogP) is 2.44. The van der Waals surface area contributed by atoms with E-state index in [1.165, 1.54) is 0 Å². The fourth-order valence-electron chi connectivity index (χ4n) is 3.57. The molecular weight excluding hydrogens is 316 g/mol. The van der Waals surface area contributed by atoms with Gasteiger partial charge in [-0.25, -0.2) is 0 Å². The number of carboxylic acids is 1. The number of hydrogen-bond acceptors (Lipinski definition) is 3. The minimum absolute atomic E-state index is 0.0288. The van der Waals surface area contributed by atoms with Gasteiger partial charge in [0.25, 0.3) is 0 Å². The van der Waals surface area contributed by atoms with Gasteiger partial charge in [-0.2, -0.15) is 0 Å². The molecule has 1 fully saturated rings. The van der Waals surface area contributed by atoms with Crippen molar-refractivity contribution in [1.82, 2.24) is 10.2 Å². The molecule has 2 N–H and O–H groups in total. The maximum atomic E-state index is 12.4. The molecule has 2 aromatic carbocycles. The van der Waals surface area contributed by atoms with Crippen molar-refractivity contribution in [3.8, 4) is 0 Å². The Labute approximate surface area is 147 Å². The number of benzene rings is 2. The zero-order valence-corrected chi connectivity index (χ0v) is 14.4. The number of carbonyl (C=O) groups excluding carboxylic acids is 1. The quantitative estimate of drug-likeness (QED) is 0.812. The first-order valence-electron chi connectivity index (χ1n) is 8.78. The third-order valence-corrected chi connectivity index (χ3v) is 4.97. The lowest BCUT2D eigenvalue weighted by molar-refractivity contribution is -0.139. The lowest BCUT2D eigenvalue weighted by Gasteiger charge is -2.42. The fraction of sp³-hybridized carbons (Fsp3) is 0.400. The number of nitrogens with zero attached hydrogens (tertiary/aromatic N) is 1. The smallest absolute Gasteiger partial charge is 0.317 e. The molecule has 5 nitrogen and oxygen atoms in total. The Hall–Kier alpha value is -2.40. The SMILES string of the molecule is CCN(CC(=O)O)C1CC(NC(=O)Cc2cccc3ccccc23)C1. The van der Waals surface area contributed by atoms with Crippen LogP contribution in [-0.4, -0.2) is 47.1 Å². The summed E-state index contributed by atoms with van der Waals surface area (Å²) < 4.78 is 0. The van der Waals surface area contributed by atoms with Crippen LogP contribution < -0.4 is 5.32 Å². The van der Waals surface area contributed by atoms with Crippen LogP contribution in [0.4, 0.5) is 0 Å². The van der Waals surface area contributed by atoms with Gasteiger partial charge >= 0.3 is 5.97 Å². The van der Waals surface area contributed by atoms with Crippen molar-refractivity contribution in [2.24, 2.45) is 0 Å². The molecule has 0 radical (unpaired) electrons. The first-order chi connectivity index (χ1) is 12.1. The molecule has 0 aliphatic heterocycles. The van der Waals surface area contributed by atoms with Gasteiger partial charge < -0.3 is 10.4 Å². The molecule has 1 aliphatic rings. The molecule has 1 saturated carbocycles. The number of likely N-dealkylation sites (N-methyl/N-ethyl adjacent to an activating group) is 1. The Morgan fingerprint density at radius 1 is 1.16 bits per heavy atom. The molecule has 0 bridgehead atoms. The summed E-state index contributed by atoms with van der Waals surface area (Å²) in [5.74, 6) is -0.772. The Kier molecular flexibility index (Phi) is 5.34. The third-order valence-electron chi connectivity index (χ3n) is 4.97. The summed E-state index contributed by atoms with van der Waals surface area (Å²) in [5.41, 5.74) is 1.03. The van der Waals surface area contributed by atoms with Gasteiger partial charge in [0.1, 0.15) is 0 Å². The average molecular weight is 340 g/mol. The number of carboxylic acid groups (broad SMARTS) is 1. The molecule has 0 spiro atoms. The van der Waals surface area contributed by atoms with E-state index in [1.807, 2.05) is 42.2 Å². The summed E-state index contributed by atoms with van der Waals surface area (Å²) in [4.78, 5) is 25.2. The van der Waals surface area contributed by atoms with Crippen LogP contribution in [0.2, 0.25) is 0 Å². The highest BCUT2D eigenvalue weighted by Crippen LogP contribution is 2.26. The second kappa shape index (κ2) is 7.66. The van der Waals surface area contributed by atoms with E-state index in [0.717, 1.165) is 29.2 Å². The minimum Gasteiger partial charge on any atom is -0.480 e. The van der Waals surface area contributed by atoms with Crippen LogP contribution in [0.25, 0.3) is 10.8 Å². The number of amides is 1. The number of carbonyl (C=O) groups is 2. The zero-order chi connectivity index (χ0) is 17.8. The van der Waals surface area contributed by atoms with Crippen LogP contribution in [0, 0.1) is 0 Å². The van der Waals surface area contributed by atoms with Crippen LogP contribution in [-0.2, 0) is 16.0 Å². The molecule has 1 amide bonds. The van der Waals surface area contributed by atoms with Gasteiger partial charge in [0, 0.05) is 12.1 Å². The Balaban J connectivity index is 1.53. The average Bonchev–Trinajstić information content (AvgIpc) is 2.56. The highest BCUT2D eigenvalue weighted by Gasteiger charge is 2.34. The summed E-state index contributed by atoms with van der Waals surface area (Å²) in [6.07, 6.45) is 2.01. The van der Waals surface area contributed by atoms with Gasteiger partial charge in [0.2, 0.25) is 5.91 Å². The van der Waals surface area contributed by atoms with Gasteiger partial charge in [-0.3, -0.25) is 14.5 Å². The molecule has 25 heavy (non-hydrogen) atoms. The van der Waals surface area contributed by atoms with E-state index in [1.54, 1.807) is 0 Å². The van der Waals surface area contributed by atoms with Crippen molar-refractivity contribution in [1.29, 1.82) is 0 Å². The first kappa shape index (κ1) is 17.4. The molecular formula is C20H24N2O3. The molecule has 0 heterocycles. The van der Waals surface area contributed by atoms with E-state index in [9.17, 15) is 9.59 Å². The van der Waals surface area contributed by atoms with Gasteiger partial charge in [-0.15, -0.1) is 0 Å².